The Morgan fingerprint density at radius 1 is 0.946 bits per heavy atom. The average Bonchev–Trinajstić information content (AvgIpc) is 3.12. The van der Waals surface area contributed by atoms with E-state index in [2.05, 4.69) is 27.7 Å². The van der Waals surface area contributed by atoms with Crippen LogP contribution in [0.1, 0.15) is 137 Å². The molecule has 3 fully saturated rings. The van der Waals surface area contributed by atoms with E-state index in [1.165, 1.54) is 62.5 Å². The zero-order valence-electron chi connectivity index (χ0n) is 24.3. The van der Waals surface area contributed by atoms with Crippen LogP contribution in [0.3, 0.4) is 0 Å². The van der Waals surface area contributed by atoms with Gasteiger partial charge in [-0.1, -0.05) is 78.2 Å². The van der Waals surface area contributed by atoms with Gasteiger partial charge in [-0.3, -0.25) is 9.59 Å². The predicted octanol–water partition coefficient (Wildman–Crippen LogP) is 7.01. The van der Waals surface area contributed by atoms with Crippen molar-refractivity contribution in [2.45, 2.75) is 147 Å². The first-order chi connectivity index (χ1) is 17.5. The molecule has 4 rings (SSSR count). The maximum Gasteiger partial charge on any atom is 0.166 e. The summed E-state index contributed by atoms with van der Waals surface area (Å²) in [7, 11) is -0.394. The number of carbonyl (C=O) groups excluding carboxylic acids is 2. The molecular weight excluding hydrogens is 476 g/mol. The molecule has 210 valence electrons. The Kier molecular flexibility index (Phi) is 9.60. The Bertz CT molecular complexity index is 857. The molecule has 0 unspecified atom stereocenters. The summed E-state index contributed by atoms with van der Waals surface area (Å²) < 4.78 is 5.92. The molecule has 0 aromatic carbocycles. The third kappa shape index (κ3) is 6.87. The normalized spacial score (nSPS) is 34.2. The van der Waals surface area contributed by atoms with E-state index in [0.717, 1.165) is 45.1 Å². The van der Waals surface area contributed by atoms with Gasteiger partial charge in [0.15, 0.2) is 9.76 Å². The molecule has 5 heteroatoms. The van der Waals surface area contributed by atoms with Crippen LogP contribution in [0.4, 0.5) is 0 Å². The van der Waals surface area contributed by atoms with Gasteiger partial charge in [-0.2, -0.15) is 0 Å². The number of rotatable bonds is 12. The molecule has 1 N–H and O–H groups in total. The van der Waals surface area contributed by atoms with E-state index in [1.807, 2.05) is 0 Å². The van der Waals surface area contributed by atoms with Crippen molar-refractivity contribution in [2.75, 3.05) is 6.61 Å². The first-order valence-electron chi connectivity index (χ1n) is 15.6. The molecule has 0 aliphatic heterocycles. The van der Waals surface area contributed by atoms with Crippen LogP contribution in [0.25, 0.3) is 0 Å². The minimum absolute atomic E-state index is 0.168. The lowest BCUT2D eigenvalue weighted by molar-refractivity contribution is -0.129. The summed E-state index contributed by atoms with van der Waals surface area (Å²) in [6, 6.07) is 0. The van der Waals surface area contributed by atoms with Crippen LogP contribution in [0.15, 0.2) is 11.1 Å². The first kappa shape index (κ1) is 29.2. The van der Waals surface area contributed by atoms with E-state index >= 15 is 0 Å². The van der Waals surface area contributed by atoms with Gasteiger partial charge < -0.3 is 9.53 Å². The minimum Gasteiger partial charge on any atom is -0.423 e. The van der Waals surface area contributed by atoms with E-state index < -0.39 is 15.4 Å². The molecular formula is C32H54O4Si. The number of ketones is 2. The van der Waals surface area contributed by atoms with Gasteiger partial charge in [-0.05, 0) is 73.3 Å². The molecule has 0 spiro atoms. The molecule has 3 saturated carbocycles. The molecule has 0 aromatic rings. The van der Waals surface area contributed by atoms with Crippen LogP contribution in [0, 0.1) is 23.2 Å². The standard InChI is InChI=1S/C32H54O4Si/c1-30(2,3)37-36-20-12-10-8-6-5-7-9-11-13-23-21-31(4)26(16-17-28(31)34)25-18-19-32(35)22-24(33)14-15-27(32)29(23)25/h23,25-26,35H,5-22,37H2,1-4H3/t23-,25-,26-,31-,32+/m0/s1. The zero-order valence-corrected chi connectivity index (χ0v) is 25.8. The van der Waals surface area contributed by atoms with Gasteiger partial charge in [-0.25, -0.2) is 0 Å². The highest BCUT2D eigenvalue weighted by molar-refractivity contribution is 6.31. The van der Waals surface area contributed by atoms with Gasteiger partial charge >= 0.3 is 0 Å². The van der Waals surface area contributed by atoms with Crippen LogP contribution >= 0.6 is 0 Å². The molecule has 0 bridgehead atoms. The van der Waals surface area contributed by atoms with Gasteiger partial charge in [-0.15, -0.1) is 0 Å². The minimum atomic E-state index is -0.893. The third-order valence-electron chi connectivity index (χ3n) is 10.2. The highest BCUT2D eigenvalue weighted by Crippen LogP contribution is 2.62. The Morgan fingerprint density at radius 2 is 1.62 bits per heavy atom. The number of aliphatic hydroxyl groups is 1. The Balaban J connectivity index is 1.25. The van der Waals surface area contributed by atoms with Crippen molar-refractivity contribution in [3.05, 3.63) is 11.1 Å². The second kappa shape index (κ2) is 12.2. The highest BCUT2D eigenvalue weighted by atomic mass is 28.2. The van der Waals surface area contributed by atoms with Crippen molar-refractivity contribution in [3.63, 3.8) is 0 Å². The van der Waals surface area contributed by atoms with Crippen LogP contribution in [0.5, 0.6) is 0 Å². The molecule has 37 heavy (non-hydrogen) atoms. The second-order valence-corrected chi connectivity index (χ2v) is 17.3. The van der Waals surface area contributed by atoms with E-state index in [-0.39, 0.29) is 11.2 Å². The number of fused-ring (bicyclic) bond motifs is 4. The summed E-state index contributed by atoms with van der Waals surface area (Å²) in [6.45, 7) is 10.0. The predicted molar refractivity (Wildman–Crippen MR) is 153 cm³/mol. The Labute approximate surface area is 228 Å². The first-order valence-corrected chi connectivity index (χ1v) is 16.9. The van der Waals surface area contributed by atoms with E-state index in [0.29, 0.717) is 47.8 Å². The number of Topliss-reactive ketones (excluding diaryl/α,β-unsaturated/α-hetero) is 2. The average molecular weight is 531 g/mol. The number of hydrogen-bond donors (Lipinski definition) is 1. The van der Waals surface area contributed by atoms with Crippen molar-refractivity contribution >= 4 is 21.3 Å². The third-order valence-corrected chi connectivity index (χ3v) is 11.5. The molecule has 0 amide bonds. The monoisotopic (exact) mass is 530 g/mol. The molecule has 5 atom stereocenters. The molecule has 4 aliphatic carbocycles. The summed E-state index contributed by atoms with van der Waals surface area (Å²) in [5.74, 6) is 2.02. The van der Waals surface area contributed by atoms with Crippen LogP contribution in [-0.2, 0) is 14.0 Å². The van der Waals surface area contributed by atoms with E-state index in [4.69, 9.17) is 4.43 Å². The maximum absolute atomic E-state index is 13.0. The van der Waals surface area contributed by atoms with E-state index in [1.54, 1.807) is 0 Å². The van der Waals surface area contributed by atoms with Crippen LogP contribution in [0.2, 0.25) is 5.04 Å². The van der Waals surface area contributed by atoms with Crippen LogP contribution < -0.4 is 0 Å². The largest absolute Gasteiger partial charge is 0.423 e. The number of allylic oxidation sites excluding steroid dienone is 1. The van der Waals surface area contributed by atoms with Gasteiger partial charge in [0.1, 0.15) is 11.6 Å². The summed E-state index contributed by atoms with van der Waals surface area (Å²) in [6.07, 6.45) is 17.4. The Morgan fingerprint density at radius 3 is 2.32 bits per heavy atom. The summed E-state index contributed by atoms with van der Waals surface area (Å²) in [5, 5.41) is 11.9. The molecule has 0 aromatic heterocycles. The van der Waals surface area contributed by atoms with Gasteiger partial charge in [0.25, 0.3) is 0 Å². The summed E-state index contributed by atoms with van der Waals surface area (Å²) >= 11 is 0. The maximum atomic E-state index is 13.0. The van der Waals surface area contributed by atoms with Gasteiger partial charge in [0, 0.05) is 31.3 Å². The van der Waals surface area contributed by atoms with Crippen molar-refractivity contribution < 1.29 is 19.1 Å². The van der Waals surface area contributed by atoms with Crippen molar-refractivity contribution in [1.82, 2.24) is 0 Å². The van der Waals surface area contributed by atoms with Gasteiger partial charge in [0.2, 0.25) is 0 Å². The van der Waals surface area contributed by atoms with Crippen molar-refractivity contribution in [1.29, 1.82) is 0 Å². The fourth-order valence-corrected chi connectivity index (χ4v) is 9.29. The van der Waals surface area contributed by atoms with Gasteiger partial charge in [0.05, 0.1) is 5.60 Å². The van der Waals surface area contributed by atoms with Crippen molar-refractivity contribution in [3.8, 4) is 0 Å². The molecule has 0 saturated heterocycles. The Hall–Kier alpha value is -0.783. The number of unbranched alkanes of at least 4 members (excludes halogenated alkanes) is 7. The molecule has 0 radical (unpaired) electrons. The number of hydrogen-bond acceptors (Lipinski definition) is 4. The quantitative estimate of drug-likeness (QED) is 0.167. The van der Waals surface area contributed by atoms with Crippen molar-refractivity contribution in [2.24, 2.45) is 23.2 Å². The lowest BCUT2D eigenvalue weighted by atomic mass is 9.52. The lowest BCUT2D eigenvalue weighted by Crippen LogP contribution is -2.50. The fraction of sp³-hybridized carbons (Fsp3) is 0.875. The molecule has 4 nitrogen and oxygen atoms in total. The zero-order chi connectivity index (χ0) is 26.7. The fourth-order valence-electron chi connectivity index (χ4n) is 8.33. The summed E-state index contributed by atoms with van der Waals surface area (Å²) in [4.78, 5) is 25.3. The topological polar surface area (TPSA) is 63.6 Å². The van der Waals surface area contributed by atoms with E-state index in [9.17, 15) is 14.7 Å². The smallest absolute Gasteiger partial charge is 0.166 e. The highest BCUT2D eigenvalue weighted by Gasteiger charge is 2.58. The second-order valence-electron chi connectivity index (χ2n) is 14.4. The SMILES string of the molecule is CC(C)(C)[SiH2]OCCCCCCCCCC[C@H]1C[C@]2(C)C(=O)CC[C@H]2[C@@H]2CC[C@@]3(O)CC(=O)CCC3=C12. The lowest BCUT2D eigenvalue weighted by Gasteiger charge is -2.53. The molecule has 0 heterocycles. The number of carbonyl (C=O) groups is 2. The van der Waals surface area contributed by atoms with Crippen LogP contribution in [-0.4, -0.2) is 38.6 Å². The molecule has 4 aliphatic rings. The summed E-state index contributed by atoms with van der Waals surface area (Å²) in [5.41, 5.74) is 1.67.